The molecule has 0 amide bonds. The fourth-order valence-electron chi connectivity index (χ4n) is 1.96. The summed E-state index contributed by atoms with van der Waals surface area (Å²) in [7, 11) is 0. The predicted octanol–water partition coefficient (Wildman–Crippen LogP) is 3.01. The molecular formula is C15H12N2. The summed E-state index contributed by atoms with van der Waals surface area (Å²) in [6.07, 6.45) is 3.89. The van der Waals surface area contributed by atoms with Gasteiger partial charge in [-0.15, -0.1) is 0 Å². The summed E-state index contributed by atoms with van der Waals surface area (Å²) in [5.41, 5.74) is 7.38. The van der Waals surface area contributed by atoms with Gasteiger partial charge in [0.05, 0.1) is 5.71 Å². The van der Waals surface area contributed by atoms with E-state index in [9.17, 15) is 0 Å². The van der Waals surface area contributed by atoms with Gasteiger partial charge in [-0.1, -0.05) is 54.6 Å². The fraction of sp³-hybridized carbons (Fsp3) is 0. The van der Waals surface area contributed by atoms with Crippen molar-refractivity contribution >= 4 is 11.8 Å². The Morgan fingerprint density at radius 2 is 1.59 bits per heavy atom. The topological polar surface area (TPSA) is 24.4 Å². The van der Waals surface area contributed by atoms with Crippen molar-refractivity contribution < 1.29 is 0 Å². The summed E-state index contributed by atoms with van der Waals surface area (Å²) in [6.45, 7) is 0. The Balaban J connectivity index is 2.17. The van der Waals surface area contributed by atoms with Gasteiger partial charge in [0.25, 0.3) is 0 Å². The second-order valence-electron chi connectivity index (χ2n) is 3.88. The van der Waals surface area contributed by atoms with Crippen LogP contribution in [0.2, 0.25) is 0 Å². The maximum absolute atomic E-state index is 4.41. The lowest BCUT2D eigenvalue weighted by Crippen LogP contribution is -2.07. The van der Waals surface area contributed by atoms with Gasteiger partial charge in [0.2, 0.25) is 0 Å². The summed E-state index contributed by atoms with van der Waals surface area (Å²) in [5.74, 6) is 0. The third-order valence-electron chi connectivity index (χ3n) is 2.78. The minimum atomic E-state index is 0.978. The first-order valence-electron chi connectivity index (χ1n) is 5.60. The average molecular weight is 220 g/mol. The van der Waals surface area contributed by atoms with Crippen molar-refractivity contribution in [2.24, 2.45) is 5.10 Å². The molecule has 0 saturated carbocycles. The van der Waals surface area contributed by atoms with E-state index in [1.165, 1.54) is 5.56 Å². The molecule has 0 fully saturated rings. The van der Waals surface area contributed by atoms with E-state index < -0.39 is 0 Å². The SMILES string of the molecule is C1=Cc2ccccc2C(c2ccccc2)=NN1. The van der Waals surface area contributed by atoms with E-state index >= 15 is 0 Å². The van der Waals surface area contributed by atoms with Crippen molar-refractivity contribution in [3.63, 3.8) is 0 Å². The van der Waals surface area contributed by atoms with Gasteiger partial charge in [-0.05, 0) is 11.6 Å². The first-order valence-corrected chi connectivity index (χ1v) is 5.60. The molecule has 2 heteroatoms. The average Bonchev–Trinajstić information content (AvgIpc) is 2.62. The van der Waals surface area contributed by atoms with Gasteiger partial charge in [0.1, 0.15) is 0 Å². The minimum Gasteiger partial charge on any atom is -0.285 e. The molecule has 3 rings (SSSR count). The highest BCUT2D eigenvalue weighted by atomic mass is 15.3. The number of nitrogens with one attached hydrogen (secondary N) is 1. The Labute approximate surface area is 100 Å². The van der Waals surface area contributed by atoms with E-state index in [4.69, 9.17) is 0 Å². The number of benzene rings is 2. The lowest BCUT2D eigenvalue weighted by Gasteiger charge is -2.07. The molecule has 0 bridgehead atoms. The van der Waals surface area contributed by atoms with E-state index in [2.05, 4.69) is 34.8 Å². The highest BCUT2D eigenvalue weighted by Crippen LogP contribution is 2.18. The maximum Gasteiger partial charge on any atom is 0.0983 e. The molecule has 1 aliphatic heterocycles. The summed E-state index contributed by atoms with van der Waals surface area (Å²) in [6, 6.07) is 18.5. The lowest BCUT2D eigenvalue weighted by molar-refractivity contribution is 0.977. The molecule has 1 heterocycles. The highest BCUT2D eigenvalue weighted by molar-refractivity contribution is 6.14. The van der Waals surface area contributed by atoms with Crippen LogP contribution in [0, 0.1) is 0 Å². The number of hydrogen-bond acceptors (Lipinski definition) is 2. The zero-order chi connectivity index (χ0) is 11.5. The van der Waals surface area contributed by atoms with Crippen molar-refractivity contribution in [2.75, 3.05) is 0 Å². The molecule has 2 nitrogen and oxygen atoms in total. The standard InChI is InChI=1S/C15H12N2/c1-2-7-13(8-3-1)15-14-9-5-4-6-12(14)10-11-16-17-15/h1-11,16H. The van der Waals surface area contributed by atoms with Gasteiger partial charge >= 0.3 is 0 Å². The maximum atomic E-state index is 4.41. The van der Waals surface area contributed by atoms with Crippen LogP contribution in [0.5, 0.6) is 0 Å². The Morgan fingerprint density at radius 3 is 2.47 bits per heavy atom. The molecule has 0 unspecified atom stereocenters. The van der Waals surface area contributed by atoms with E-state index in [0.717, 1.165) is 16.8 Å². The number of hydrogen-bond donors (Lipinski definition) is 1. The molecule has 0 aromatic heterocycles. The predicted molar refractivity (Wildman–Crippen MR) is 70.7 cm³/mol. The summed E-state index contributed by atoms with van der Waals surface area (Å²) in [4.78, 5) is 0. The van der Waals surface area contributed by atoms with E-state index in [1.807, 2.05) is 42.6 Å². The molecule has 17 heavy (non-hydrogen) atoms. The van der Waals surface area contributed by atoms with Crippen LogP contribution in [0.15, 0.2) is 65.9 Å². The van der Waals surface area contributed by atoms with Crippen molar-refractivity contribution in [3.8, 4) is 0 Å². The Kier molecular flexibility index (Phi) is 2.47. The zero-order valence-corrected chi connectivity index (χ0v) is 9.30. The second-order valence-corrected chi connectivity index (χ2v) is 3.88. The van der Waals surface area contributed by atoms with Crippen LogP contribution in [0.1, 0.15) is 16.7 Å². The third kappa shape index (κ3) is 1.85. The van der Waals surface area contributed by atoms with Crippen molar-refractivity contribution in [2.45, 2.75) is 0 Å². The number of rotatable bonds is 1. The first-order chi connectivity index (χ1) is 8.45. The molecule has 0 atom stereocenters. The molecular weight excluding hydrogens is 208 g/mol. The van der Waals surface area contributed by atoms with Crippen LogP contribution in [-0.2, 0) is 0 Å². The molecule has 2 aromatic carbocycles. The minimum absolute atomic E-state index is 0.978. The van der Waals surface area contributed by atoms with Crippen LogP contribution < -0.4 is 5.43 Å². The quantitative estimate of drug-likeness (QED) is 0.785. The zero-order valence-electron chi connectivity index (χ0n) is 9.30. The van der Waals surface area contributed by atoms with E-state index in [0.29, 0.717) is 0 Å². The van der Waals surface area contributed by atoms with Crippen LogP contribution in [0.4, 0.5) is 0 Å². The van der Waals surface area contributed by atoms with Gasteiger partial charge in [-0.3, -0.25) is 5.43 Å². The van der Waals surface area contributed by atoms with Gasteiger partial charge in [-0.25, -0.2) is 0 Å². The van der Waals surface area contributed by atoms with Crippen LogP contribution in [-0.4, -0.2) is 5.71 Å². The van der Waals surface area contributed by atoms with Crippen LogP contribution in [0.3, 0.4) is 0 Å². The van der Waals surface area contributed by atoms with Crippen LogP contribution >= 0.6 is 0 Å². The highest BCUT2D eigenvalue weighted by Gasteiger charge is 2.11. The summed E-state index contributed by atoms with van der Waals surface area (Å²) < 4.78 is 0. The largest absolute Gasteiger partial charge is 0.285 e. The normalized spacial score (nSPS) is 13.3. The Bertz CT molecular complexity index is 583. The molecule has 0 aliphatic carbocycles. The van der Waals surface area contributed by atoms with Gasteiger partial charge in [0, 0.05) is 17.3 Å². The molecule has 0 radical (unpaired) electrons. The van der Waals surface area contributed by atoms with E-state index in [-0.39, 0.29) is 0 Å². The third-order valence-corrected chi connectivity index (χ3v) is 2.78. The van der Waals surface area contributed by atoms with Gasteiger partial charge < -0.3 is 0 Å². The van der Waals surface area contributed by atoms with Crippen molar-refractivity contribution in [1.82, 2.24) is 5.43 Å². The lowest BCUT2D eigenvalue weighted by atomic mass is 9.98. The first kappa shape index (κ1) is 9.85. The number of fused-ring (bicyclic) bond motifs is 1. The van der Waals surface area contributed by atoms with E-state index in [1.54, 1.807) is 0 Å². The molecule has 0 saturated heterocycles. The second kappa shape index (κ2) is 4.26. The Hall–Kier alpha value is -2.35. The summed E-state index contributed by atoms with van der Waals surface area (Å²) in [5, 5.41) is 4.41. The van der Waals surface area contributed by atoms with Crippen molar-refractivity contribution in [3.05, 3.63) is 77.5 Å². The van der Waals surface area contributed by atoms with Crippen LogP contribution in [0.25, 0.3) is 6.08 Å². The molecule has 1 aliphatic rings. The number of hydrazone groups is 1. The van der Waals surface area contributed by atoms with Gasteiger partial charge in [-0.2, -0.15) is 5.10 Å². The monoisotopic (exact) mass is 220 g/mol. The molecule has 82 valence electrons. The number of nitrogens with zero attached hydrogens (tertiary/aromatic N) is 1. The molecule has 1 N–H and O–H groups in total. The fourth-order valence-corrected chi connectivity index (χ4v) is 1.96. The van der Waals surface area contributed by atoms with Crippen molar-refractivity contribution in [1.29, 1.82) is 0 Å². The molecule has 2 aromatic rings. The molecule has 0 spiro atoms. The Morgan fingerprint density at radius 1 is 0.824 bits per heavy atom. The van der Waals surface area contributed by atoms with Gasteiger partial charge in [0.15, 0.2) is 0 Å². The smallest absolute Gasteiger partial charge is 0.0983 e. The summed E-state index contributed by atoms with van der Waals surface area (Å²) >= 11 is 0.